The Hall–Kier alpha value is -2.95. The number of hydrogen-bond acceptors (Lipinski definition) is 3. The van der Waals surface area contributed by atoms with Gasteiger partial charge in [0, 0.05) is 17.2 Å². The lowest BCUT2D eigenvalue weighted by Crippen LogP contribution is -2.02. The molecule has 0 radical (unpaired) electrons. The average Bonchev–Trinajstić information content (AvgIpc) is 3.06. The Bertz CT molecular complexity index is 1130. The van der Waals surface area contributed by atoms with Gasteiger partial charge in [-0.15, -0.1) is 0 Å². The highest BCUT2D eigenvalue weighted by Gasteiger charge is 2.29. The first-order valence-corrected chi connectivity index (χ1v) is 10.9. The zero-order valence-electron chi connectivity index (χ0n) is 16.3. The van der Waals surface area contributed by atoms with Crippen molar-refractivity contribution < 1.29 is 14.1 Å². The Morgan fingerprint density at radius 2 is 1.66 bits per heavy atom. The second-order valence-electron chi connectivity index (χ2n) is 6.89. The summed E-state index contributed by atoms with van der Waals surface area (Å²) in [5.41, 5.74) is 1.90. The van der Waals surface area contributed by atoms with E-state index in [0.29, 0.717) is 33.1 Å². The van der Waals surface area contributed by atoms with Crippen molar-refractivity contribution in [2.24, 2.45) is 0 Å². The van der Waals surface area contributed by atoms with Crippen LogP contribution < -0.4 is 4.74 Å². The molecule has 1 atom stereocenters. The van der Waals surface area contributed by atoms with E-state index in [4.69, 9.17) is 4.74 Å². The number of ether oxygens (including phenoxy) is 1. The van der Waals surface area contributed by atoms with Crippen molar-refractivity contribution in [3.8, 4) is 16.2 Å². The van der Waals surface area contributed by atoms with Gasteiger partial charge in [-0.2, -0.15) is 0 Å². The Morgan fingerprint density at radius 3 is 2.34 bits per heavy atom. The number of hydrogen-bond donors (Lipinski definition) is 0. The smallest absolute Gasteiger partial charge is 0.199 e. The minimum Gasteiger partial charge on any atom is -0.590 e. The van der Waals surface area contributed by atoms with Crippen LogP contribution >= 0.6 is 10.8 Å². The molecule has 0 bridgehead atoms. The summed E-state index contributed by atoms with van der Waals surface area (Å²) in [5, 5.41) is 0.721. The maximum atomic E-state index is 13.5. The van der Waals surface area contributed by atoms with E-state index in [1.165, 1.54) is 0 Å². The van der Waals surface area contributed by atoms with Crippen LogP contribution in [0.2, 0.25) is 0 Å². The molecule has 0 amide bonds. The lowest BCUT2D eigenvalue weighted by Gasteiger charge is -2.04. The van der Waals surface area contributed by atoms with Gasteiger partial charge in [0.1, 0.15) is 5.75 Å². The number of ketones is 1. The van der Waals surface area contributed by atoms with Crippen LogP contribution in [-0.2, 0) is 0 Å². The van der Waals surface area contributed by atoms with E-state index in [0.717, 1.165) is 23.8 Å². The molecule has 146 valence electrons. The molecule has 3 aromatic carbocycles. The van der Waals surface area contributed by atoms with Crippen molar-refractivity contribution >= 4 is 26.6 Å². The normalized spacial score (nSPS) is 11.6. The summed E-state index contributed by atoms with van der Waals surface area (Å²) < 4.78 is 19.9. The van der Waals surface area contributed by atoms with Crippen molar-refractivity contribution in [3.63, 3.8) is 0 Å². The standard InChI is InChI=1S/C25H22O3S/c1-2-3-16-28-20-14-15-21-22(17-20)29(27)25(19-12-8-5-9-13-19)23(21)24(26)18-10-6-4-7-11-18/h4-15,17H,2-3,16H2,1H3. The summed E-state index contributed by atoms with van der Waals surface area (Å²) in [6, 6.07) is 24.2. The molecule has 1 aromatic heterocycles. The van der Waals surface area contributed by atoms with Gasteiger partial charge in [0.05, 0.1) is 17.6 Å². The third-order valence-electron chi connectivity index (χ3n) is 4.90. The quantitative estimate of drug-likeness (QED) is 0.198. The number of benzene rings is 3. The second kappa shape index (κ2) is 8.60. The van der Waals surface area contributed by atoms with Gasteiger partial charge in [-0.3, -0.25) is 4.79 Å². The first kappa shape index (κ1) is 19.4. The minimum absolute atomic E-state index is 0.115. The lowest BCUT2D eigenvalue weighted by molar-refractivity contribution is 0.104. The molecule has 0 aliphatic carbocycles. The summed E-state index contributed by atoms with van der Waals surface area (Å²) in [7, 11) is -1.45. The molecule has 0 fully saturated rings. The Labute approximate surface area is 173 Å². The fraction of sp³-hybridized carbons (Fsp3) is 0.160. The van der Waals surface area contributed by atoms with Gasteiger partial charge < -0.3 is 9.29 Å². The lowest BCUT2D eigenvalue weighted by atomic mass is 9.97. The van der Waals surface area contributed by atoms with E-state index >= 15 is 0 Å². The number of thiophene rings is 1. The molecular weight excluding hydrogens is 380 g/mol. The Balaban J connectivity index is 1.90. The summed E-state index contributed by atoms with van der Waals surface area (Å²) in [5.74, 6) is 0.572. The van der Waals surface area contributed by atoms with Gasteiger partial charge in [0.25, 0.3) is 0 Å². The number of rotatable bonds is 7. The number of unbranched alkanes of at least 4 members (excludes halogenated alkanes) is 1. The zero-order valence-corrected chi connectivity index (χ0v) is 17.1. The number of fused-ring (bicyclic) bond motifs is 1. The Morgan fingerprint density at radius 1 is 0.966 bits per heavy atom. The SMILES string of the molecule is CCCCOc1ccc2c(C(=O)c3ccccc3)c(-c3ccccc3)[s+]([O-])c2c1. The maximum absolute atomic E-state index is 13.5. The molecule has 0 saturated carbocycles. The van der Waals surface area contributed by atoms with Crippen molar-refractivity contribution in [2.45, 2.75) is 19.8 Å². The molecule has 0 aliphatic rings. The third-order valence-corrected chi connectivity index (χ3v) is 6.45. The van der Waals surface area contributed by atoms with Crippen molar-refractivity contribution in [3.05, 3.63) is 90.0 Å². The molecule has 0 spiro atoms. The first-order chi connectivity index (χ1) is 14.2. The van der Waals surface area contributed by atoms with Crippen LogP contribution in [0.15, 0.2) is 78.9 Å². The highest BCUT2D eigenvalue weighted by Crippen LogP contribution is 2.46. The van der Waals surface area contributed by atoms with E-state index in [1.54, 1.807) is 12.1 Å². The van der Waals surface area contributed by atoms with E-state index in [9.17, 15) is 9.35 Å². The summed E-state index contributed by atoms with van der Waals surface area (Å²) in [6.07, 6.45) is 2.01. The molecule has 0 aliphatic heterocycles. The maximum Gasteiger partial charge on any atom is 0.199 e. The topological polar surface area (TPSA) is 49.4 Å². The molecular formula is C25H22O3S. The second-order valence-corrected chi connectivity index (χ2v) is 8.28. The van der Waals surface area contributed by atoms with Gasteiger partial charge >= 0.3 is 0 Å². The molecule has 3 nitrogen and oxygen atoms in total. The van der Waals surface area contributed by atoms with Crippen molar-refractivity contribution in [2.75, 3.05) is 6.61 Å². The van der Waals surface area contributed by atoms with Gasteiger partial charge in [0.15, 0.2) is 15.4 Å². The summed E-state index contributed by atoms with van der Waals surface area (Å²) in [6.45, 7) is 2.73. The fourth-order valence-electron chi connectivity index (χ4n) is 3.41. The van der Waals surface area contributed by atoms with Gasteiger partial charge in [-0.25, -0.2) is 0 Å². The van der Waals surface area contributed by atoms with Gasteiger partial charge in [0.2, 0.25) is 0 Å². The molecule has 4 rings (SSSR count). The molecule has 4 heteroatoms. The summed E-state index contributed by atoms with van der Waals surface area (Å²) in [4.78, 5) is 14.0. The molecule has 0 saturated heterocycles. The monoisotopic (exact) mass is 402 g/mol. The largest absolute Gasteiger partial charge is 0.590 e. The van der Waals surface area contributed by atoms with Crippen molar-refractivity contribution in [1.82, 2.24) is 0 Å². The van der Waals surface area contributed by atoms with E-state index in [-0.39, 0.29) is 5.78 Å². The van der Waals surface area contributed by atoms with Crippen LogP contribution in [0.4, 0.5) is 0 Å². The van der Waals surface area contributed by atoms with Crippen LogP contribution in [0.5, 0.6) is 5.75 Å². The first-order valence-electron chi connectivity index (χ1n) is 9.79. The van der Waals surface area contributed by atoms with E-state index in [2.05, 4.69) is 6.92 Å². The van der Waals surface area contributed by atoms with Crippen LogP contribution in [-0.4, -0.2) is 16.9 Å². The highest BCUT2D eigenvalue weighted by atomic mass is 32.2. The molecule has 29 heavy (non-hydrogen) atoms. The van der Waals surface area contributed by atoms with Crippen LogP contribution in [0.1, 0.15) is 35.7 Å². The fourth-order valence-corrected chi connectivity index (χ4v) is 4.96. The molecule has 4 aromatic rings. The Kier molecular flexibility index (Phi) is 5.74. The molecule has 1 unspecified atom stereocenters. The van der Waals surface area contributed by atoms with E-state index < -0.39 is 10.8 Å². The van der Waals surface area contributed by atoms with E-state index in [1.807, 2.05) is 66.7 Å². The summed E-state index contributed by atoms with van der Waals surface area (Å²) >= 11 is 0. The molecule has 0 N–H and O–H groups in total. The van der Waals surface area contributed by atoms with Crippen LogP contribution in [0.3, 0.4) is 0 Å². The predicted octanol–water partition coefficient (Wildman–Crippen LogP) is 6.64. The minimum atomic E-state index is -1.45. The number of carbonyl (C=O) groups excluding carboxylic acids is 1. The van der Waals surface area contributed by atoms with Gasteiger partial charge in [-0.05, 0) is 41.4 Å². The average molecular weight is 403 g/mol. The van der Waals surface area contributed by atoms with Gasteiger partial charge in [-0.1, -0.05) is 61.9 Å². The third kappa shape index (κ3) is 3.82. The van der Waals surface area contributed by atoms with Crippen LogP contribution in [0.25, 0.3) is 20.5 Å². The van der Waals surface area contributed by atoms with Crippen molar-refractivity contribution in [1.29, 1.82) is 0 Å². The highest BCUT2D eigenvalue weighted by molar-refractivity contribution is 7.35. The number of carbonyl (C=O) groups is 1. The zero-order chi connectivity index (χ0) is 20.2. The molecule has 1 heterocycles. The predicted molar refractivity (Wildman–Crippen MR) is 118 cm³/mol. The van der Waals surface area contributed by atoms with Crippen LogP contribution in [0, 0.1) is 0 Å².